The number of ether oxygens (including phenoxy) is 14. The lowest BCUT2D eigenvalue weighted by atomic mass is 9.97. The first-order valence-electron chi connectivity index (χ1n) is 41.5. The molecule has 30 atom stereocenters. The summed E-state index contributed by atoms with van der Waals surface area (Å²) in [6, 6.07) is -0.848. The molecule has 8 fully saturated rings. The van der Waals surface area contributed by atoms with Crippen molar-refractivity contribution in [1.29, 1.82) is 0 Å². The molecule has 694 valence electrons. The molecular weight excluding hydrogens is 1620 g/mol. The fourth-order valence-electron chi connectivity index (χ4n) is 15.4. The van der Waals surface area contributed by atoms with Gasteiger partial charge in [-0.05, 0) is 183 Å². The van der Waals surface area contributed by atoms with E-state index in [0.717, 1.165) is 0 Å². The average molecular weight is 1770 g/mol. The Morgan fingerprint density at radius 2 is 0.771 bits per heavy atom. The molecule has 6 saturated heterocycles. The van der Waals surface area contributed by atoms with E-state index in [9.17, 15) is 37.8 Å². The van der Waals surface area contributed by atoms with Gasteiger partial charge in [-0.2, -0.15) is 0 Å². The summed E-state index contributed by atoms with van der Waals surface area (Å²) < 4.78 is 173. The van der Waals surface area contributed by atoms with Crippen molar-refractivity contribution in [3.05, 3.63) is 49.4 Å². The number of hydrogen-bond acceptors (Lipinski definition) is 34. The minimum Gasteiger partial charge on any atom is -0.746 e. The second-order valence-electron chi connectivity index (χ2n) is 34.8. The molecule has 2 aliphatic carbocycles. The molecule has 0 aromatic carbocycles. The van der Waals surface area contributed by atoms with E-state index in [1.54, 1.807) is 6.92 Å². The summed E-state index contributed by atoms with van der Waals surface area (Å²) in [5.41, 5.74) is 22.8. The predicted octanol–water partition coefficient (Wildman–Crippen LogP) is 10.4. The van der Waals surface area contributed by atoms with Gasteiger partial charge >= 0.3 is 31.3 Å². The third kappa shape index (κ3) is 34.7. The van der Waals surface area contributed by atoms with E-state index in [2.05, 4.69) is 26.3 Å². The lowest BCUT2D eigenvalue weighted by molar-refractivity contribution is -0.234. The monoisotopic (exact) mass is 1770 g/mol. The van der Waals surface area contributed by atoms with Crippen LogP contribution in [0.25, 0.3) is 0 Å². The first kappa shape index (κ1) is 108. The number of phosphoric ester groups is 4. The number of nitrogens with two attached hydrogens (primary N) is 4. The van der Waals surface area contributed by atoms with Gasteiger partial charge in [-0.3, -0.25) is 18.3 Å². The summed E-state index contributed by atoms with van der Waals surface area (Å²) in [5.74, 6) is -0.0973. The van der Waals surface area contributed by atoms with Crippen LogP contribution in [0.3, 0.4) is 0 Å². The van der Waals surface area contributed by atoms with Crippen LogP contribution in [0.2, 0.25) is 0 Å². The van der Waals surface area contributed by atoms with E-state index in [-0.39, 0.29) is 190 Å². The van der Waals surface area contributed by atoms with Gasteiger partial charge in [0, 0.05) is 50.6 Å². The van der Waals surface area contributed by atoms with Gasteiger partial charge in [0.2, 0.25) is 0 Å². The van der Waals surface area contributed by atoms with Crippen molar-refractivity contribution in [2.24, 2.45) is 40.7 Å². The Balaban J connectivity index is 0.000000330. The highest BCUT2D eigenvalue weighted by molar-refractivity contribution is 7.46. The summed E-state index contributed by atoms with van der Waals surface area (Å²) in [7, 11) is -18.9. The molecule has 2 saturated carbocycles. The lowest BCUT2D eigenvalue weighted by Gasteiger charge is -2.37. The van der Waals surface area contributed by atoms with Crippen LogP contribution in [0.15, 0.2) is 49.4 Å². The lowest BCUT2D eigenvalue weighted by Crippen LogP contribution is -2.52. The highest BCUT2D eigenvalue weighted by Crippen LogP contribution is 2.54. The third-order valence-electron chi connectivity index (χ3n) is 20.5. The molecule has 0 radical (unpaired) electrons. The Kier molecular flexibility index (Phi) is 43.8. The minimum atomic E-state index is -4.78. The molecule has 0 bridgehead atoms. The van der Waals surface area contributed by atoms with Crippen molar-refractivity contribution < 1.29 is 140 Å². The van der Waals surface area contributed by atoms with Gasteiger partial charge < -0.3 is 145 Å². The van der Waals surface area contributed by atoms with Crippen molar-refractivity contribution in [2.45, 2.75) is 413 Å². The quantitative estimate of drug-likeness (QED) is 0.0326. The Hall–Kier alpha value is -1.96. The fourth-order valence-corrected chi connectivity index (χ4v) is 19.5. The van der Waals surface area contributed by atoms with Crippen LogP contribution < -0.4 is 42.5 Å². The van der Waals surface area contributed by atoms with Crippen molar-refractivity contribution in [1.82, 2.24) is 0 Å². The fraction of sp³-hybridized carbons (Fsp3) is 0.900. The SMILES string of the molecule is C.C=C(OP(=O)([O-])O[C@@H]1C(N)[C@H](C)O[C@@H]1COC(C)C)[C@H]1O[C@@H](C)C[C@H]1OC(C)C.C=C(OP(=O)([O-])O[C@@H]1C[C@H](C)C(N)[C@@H]1COC(C)C)[C@H]1O[C@@H](C)C[C@H]1OC(C)C.C=C(OP(=O)([O-])O[C@@H]1C[C@H](C)C[C@]1(N)COC(C)C)[C@H]1O[C@@H](C)C[C@H]1OC(C)C.C=C(OP(=O)([O-])O[C@@H]1C[C@H](C)O[C@]1(CN)COC(C)C)[C@H]1O[C@@H](C)C[C@H]1OC(C)C. The molecule has 6 unspecified atom stereocenters. The molecule has 6 aliphatic heterocycles. The van der Waals surface area contributed by atoms with Gasteiger partial charge in [0.05, 0.1) is 160 Å². The van der Waals surface area contributed by atoms with Crippen LogP contribution in [0.5, 0.6) is 0 Å². The molecule has 0 aromatic rings. The first-order chi connectivity index (χ1) is 54.0. The molecule has 118 heavy (non-hydrogen) atoms. The molecule has 0 spiro atoms. The van der Waals surface area contributed by atoms with Crippen LogP contribution in [-0.2, 0) is 121 Å². The van der Waals surface area contributed by atoms with Crippen molar-refractivity contribution in [2.75, 3.05) is 33.0 Å². The topological polar surface area (TPSA) is 468 Å². The zero-order chi connectivity index (χ0) is 88.5. The summed E-state index contributed by atoms with van der Waals surface area (Å²) in [4.78, 5) is 50.5. The molecule has 8 aliphatic rings. The van der Waals surface area contributed by atoms with Crippen LogP contribution >= 0.6 is 31.3 Å². The molecule has 38 heteroatoms. The van der Waals surface area contributed by atoms with Gasteiger partial charge in [0.15, 0.2) is 0 Å². The molecule has 0 amide bonds. The highest BCUT2D eigenvalue weighted by atomic mass is 31.2. The Labute approximate surface area is 704 Å². The van der Waals surface area contributed by atoms with Gasteiger partial charge in [-0.25, -0.2) is 0 Å². The summed E-state index contributed by atoms with van der Waals surface area (Å²) in [6.07, 6.45) is -4.52. The maximum absolute atomic E-state index is 12.7. The number of hydrogen-bond donors (Lipinski definition) is 4. The summed E-state index contributed by atoms with van der Waals surface area (Å²) in [5, 5.41) is 0. The largest absolute Gasteiger partial charge is 0.746 e. The van der Waals surface area contributed by atoms with E-state index < -0.39 is 103 Å². The number of phosphoric acid groups is 4. The first-order valence-corrected chi connectivity index (χ1v) is 47.4. The zero-order valence-corrected chi connectivity index (χ0v) is 77.4. The Morgan fingerprint density at radius 1 is 0.424 bits per heavy atom. The van der Waals surface area contributed by atoms with Gasteiger partial charge in [0.25, 0.3) is 0 Å². The predicted molar refractivity (Wildman–Crippen MR) is 438 cm³/mol. The van der Waals surface area contributed by atoms with E-state index in [0.29, 0.717) is 58.0 Å². The Morgan fingerprint density at radius 3 is 1.14 bits per heavy atom. The Bertz CT molecular complexity index is 3210. The number of rotatable bonds is 41. The smallest absolute Gasteiger partial charge is 0.319 e. The van der Waals surface area contributed by atoms with E-state index in [4.69, 9.17) is 125 Å². The standard InChI is InChI=1S/C20H38NO8P.2C20H38NO7P.C19H36NO8P.CH4/c1-12(2)24-11-20(10-21)18(9-15(6)27-20)29-30(22,23)28-16(7)19-17(25-13(3)4)8-14(5)26-19;1-12(2)24-11-20(21)10-14(5)8-18(20)28-29(22,23)27-16(7)19-17(25-13(3)4)9-15(6)26-19;1-11(2)24-10-16-17(8-13(5)19(16)21)28-29(22,23)27-15(7)20-18(25-12(3)4)9-14(6)26-20;1-10(2)23-9-16-19(17(20)13(6)26-16)28-29(21,22)27-14(7)18-15(24-11(3)4)8-12(5)25-18;/h12-15,17-19H,7-11,21H2,1-6H3,(H,22,23);12-15,17-19H,7-11,21H2,1-6H3,(H,22,23);11-14,16-20H,7-10,21H2,1-6H3,(H,22,23);10-13,15-19H,7-9,20H2,1-6H3,(H,21,22);1H4/p-4/t14-,15-,17+,18+,19+,20+;14-,15-,17+,18+,19+,20-;13-,14-,16+,17+,18+,19?,20+;12-,13-,15+,16+,17?,18+,19-;/m0000./s1. The normalized spacial score (nSPS) is 36.7. The van der Waals surface area contributed by atoms with Crippen LogP contribution in [0.1, 0.15) is 225 Å². The maximum Gasteiger partial charge on any atom is 0.319 e. The molecule has 8 N–H and O–H groups in total. The molecule has 6 heterocycles. The van der Waals surface area contributed by atoms with Crippen molar-refractivity contribution in [3.63, 3.8) is 0 Å². The van der Waals surface area contributed by atoms with E-state index in [1.165, 1.54) is 0 Å². The second kappa shape index (κ2) is 47.7. The van der Waals surface area contributed by atoms with Crippen LogP contribution in [0, 0.1) is 17.8 Å². The van der Waals surface area contributed by atoms with Gasteiger partial charge in [0.1, 0.15) is 71.4 Å². The molecule has 0 aromatic heterocycles. The van der Waals surface area contributed by atoms with E-state index in [1.807, 2.05) is 159 Å². The zero-order valence-electron chi connectivity index (χ0n) is 73.8. The molecule has 8 rings (SSSR count). The van der Waals surface area contributed by atoms with Gasteiger partial charge in [-0.1, -0.05) is 47.6 Å². The van der Waals surface area contributed by atoms with Crippen LogP contribution in [-0.4, -0.2) is 221 Å². The highest BCUT2D eigenvalue weighted by Gasteiger charge is 2.53. The third-order valence-corrected chi connectivity index (χ3v) is 24.4. The maximum atomic E-state index is 12.7. The average Bonchev–Trinajstić information content (AvgIpc) is 1.63. The van der Waals surface area contributed by atoms with Gasteiger partial charge in [-0.15, -0.1) is 0 Å². The summed E-state index contributed by atoms with van der Waals surface area (Å²) >= 11 is 0. The van der Waals surface area contributed by atoms with Crippen LogP contribution in [0.4, 0.5) is 0 Å². The van der Waals surface area contributed by atoms with E-state index >= 15 is 0 Å². The summed E-state index contributed by atoms with van der Waals surface area (Å²) in [6.45, 7) is 61.4. The minimum absolute atomic E-state index is 0. The molecule has 34 nitrogen and oxygen atoms in total. The van der Waals surface area contributed by atoms with Crippen molar-refractivity contribution >= 4 is 31.3 Å². The van der Waals surface area contributed by atoms with Crippen molar-refractivity contribution in [3.8, 4) is 0 Å². The molecular formula is C80H150N4O30P4-4. The second-order valence-corrected chi connectivity index (χ2v) is 40.0.